The first-order valence-electron chi connectivity index (χ1n) is 5.44. The number of hydrogen-bond acceptors (Lipinski definition) is 3. The minimum atomic E-state index is -4.43. The molecule has 3 nitrogen and oxygen atoms in total. The molecule has 0 fully saturated rings. The Morgan fingerprint density at radius 1 is 1.25 bits per heavy atom. The van der Waals surface area contributed by atoms with Crippen LogP contribution in [-0.4, -0.2) is 21.9 Å². The molecule has 1 aromatic rings. The minimum Gasteiger partial charge on any atom is -0.478 e. The molecule has 108 valence electrons. The van der Waals surface area contributed by atoms with Crippen LogP contribution in [0.5, 0.6) is 0 Å². The lowest BCUT2D eigenvalue weighted by Crippen LogP contribution is -2.05. The predicted octanol–water partition coefficient (Wildman–Crippen LogP) is 3.45. The number of carboxylic acid groups (broad SMARTS) is 1. The molecule has 0 saturated heterocycles. The molecule has 0 aliphatic heterocycles. The fourth-order valence-electron chi connectivity index (χ4n) is 1.31. The van der Waals surface area contributed by atoms with Gasteiger partial charge in [0, 0.05) is 18.2 Å². The molecular formula is C13H11F3O3S. The van der Waals surface area contributed by atoms with Crippen molar-refractivity contribution in [3.05, 3.63) is 41.0 Å². The Hall–Kier alpha value is -1.76. The van der Waals surface area contributed by atoms with Crippen LogP contribution >= 0.6 is 11.8 Å². The Labute approximate surface area is 117 Å². The molecule has 0 unspecified atom stereocenters. The molecule has 0 aliphatic carbocycles. The van der Waals surface area contributed by atoms with Crippen LogP contribution in [0, 0.1) is 0 Å². The zero-order valence-electron chi connectivity index (χ0n) is 10.4. The first kappa shape index (κ1) is 16.3. The largest absolute Gasteiger partial charge is 0.478 e. The number of carboxylic acids is 1. The molecule has 0 radical (unpaired) electrons. The van der Waals surface area contributed by atoms with E-state index in [9.17, 15) is 22.8 Å². The second-order valence-electron chi connectivity index (χ2n) is 3.87. The maximum atomic E-state index is 12.4. The van der Waals surface area contributed by atoms with Crippen molar-refractivity contribution in [1.29, 1.82) is 0 Å². The Morgan fingerprint density at radius 2 is 1.80 bits per heavy atom. The Balaban J connectivity index is 2.94. The Bertz CT molecular complexity index is 533. The third-order valence-electron chi connectivity index (χ3n) is 2.28. The first-order valence-corrected chi connectivity index (χ1v) is 6.43. The molecule has 0 aromatic heterocycles. The fraction of sp³-hybridized carbons (Fsp3) is 0.231. The summed E-state index contributed by atoms with van der Waals surface area (Å²) >= 11 is 0.826. The molecule has 0 bridgehead atoms. The van der Waals surface area contributed by atoms with Crippen molar-refractivity contribution in [1.82, 2.24) is 0 Å². The van der Waals surface area contributed by atoms with E-state index >= 15 is 0 Å². The first-order chi connectivity index (χ1) is 9.20. The van der Waals surface area contributed by atoms with Gasteiger partial charge >= 0.3 is 12.1 Å². The van der Waals surface area contributed by atoms with Crippen molar-refractivity contribution < 1.29 is 27.9 Å². The van der Waals surface area contributed by atoms with Gasteiger partial charge in [0.1, 0.15) is 0 Å². The zero-order chi connectivity index (χ0) is 15.3. The standard InChI is InChI=1S/C13H11F3O3S/c1-8(17)20-7-10(12(18)19)6-9-2-4-11(5-3-9)13(14,15)16/h2-6H,7H2,1H3,(H,18,19)/b10-6+. The Morgan fingerprint density at radius 3 is 2.20 bits per heavy atom. The third-order valence-corrected chi connectivity index (χ3v) is 3.15. The van der Waals surface area contributed by atoms with Gasteiger partial charge in [-0.05, 0) is 23.8 Å². The van der Waals surface area contributed by atoms with Gasteiger partial charge in [0.25, 0.3) is 0 Å². The molecule has 0 heterocycles. The average Bonchev–Trinajstić information content (AvgIpc) is 2.33. The SMILES string of the molecule is CC(=O)SC/C(=C\c1ccc(C(F)(F)F)cc1)C(=O)O. The van der Waals surface area contributed by atoms with Gasteiger partial charge in [0.05, 0.1) is 5.56 Å². The number of rotatable bonds is 4. The molecule has 0 atom stereocenters. The normalized spacial score (nSPS) is 12.3. The number of carbonyl (C=O) groups excluding carboxylic acids is 1. The number of hydrogen-bond donors (Lipinski definition) is 1. The summed E-state index contributed by atoms with van der Waals surface area (Å²) in [6, 6.07) is 4.13. The lowest BCUT2D eigenvalue weighted by Gasteiger charge is -2.06. The van der Waals surface area contributed by atoms with E-state index in [1.807, 2.05) is 0 Å². The summed E-state index contributed by atoms with van der Waals surface area (Å²) in [4.78, 5) is 21.8. The molecule has 0 saturated carbocycles. The second kappa shape index (κ2) is 6.60. The molecule has 0 aliphatic rings. The van der Waals surface area contributed by atoms with Gasteiger partial charge in [-0.15, -0.1) is 0 Å². The molecule has 1 aromatic carbocycles. The van der Waals surface area contributed by atoms with E-state index in [2.05, 4.69) is 0 Å². The summed E-state index contributed by atoms with van der Waals surface area (Å²) in [5.41, 5.74) is -0.519. The van der Waals surface area contributed by atoms with E-state index in [1.165, 1.54) is 25.1 Å². The summed E-state index contributed by atoms with van der Waals surface area (Å²) in [7, 11) is 0. The maximum absolute atomic E-state index is 12.4. The quantitative estimate of drug-likeness (QED) is 0.866. The molecular weight excluding hydrogens is 293 g/mol. The summed E-state index contributed by atoms with van der Waals surface area (Å²) in [5.74, 6) is -1.25. The monoisotopic (exact) mass is 304 g/mol. The van der Waals surface area contributed by atoms with Gasteiger partial charge in [-0.1, -0.05) is 23.9 Å². The molecule has 7 heteroatoms. The van der Waals surface area contributed by atoms with E-state index in [-0.39, 0.29) is 16.4 Å². The van der Waals surface area contributed by atoms with Crippen LogP contribution in [0.4, 0.5) is 13.2 Å². The highest BCUT2D eigenvalue weighted by atomic mass is 32.2. The topological polar surface area (TPSA) is 54.4 Å². The number of carbonyl (C=O) groups is 2. The van der Waals surface area contributed by atoms with Gasteiger partial charge in [-0.2, -0.15) is 13.2 Å². The van der Waals surface area contributed by atoms with Gasteiger partial charge in [-0.25, -0.2) is 4.79 Å². The molecule has 0 amide bonds. The van der Waals surface area contributed by atoms with Crippen LogP contribution in [0.3, 0.4) is 0 Å². The van der Waals surface area contributed by atoms with Gasteiger partial charge in [-0.3, -0.25) is 4.79 Å². The highest BCUT2D eigenvalue weighted by Gasteiger charge is 2.29. The minimum absolute atomic E-state index is 0.0360. The molecule has 1 rings (SSSR count). The number of benzene rings is 1. The second-order valence-corrected chi connectivity index (χ2v) is 5.03. The van der Waals surface area contributed by atoms with Crippen molar-refractivity contribution in [3.63, 3.8) is 0 Å². The predicted molar refractivity (Wildman–Crippen MR) is 70.2 cm³/mol. The highest BCUT2D eigenvalue weighted by Crippen LogP contribution is 2.29. The fourth-order valence-corrected chi connectivity index (χ4v) is 1.88. The summed E-state index contributed by atoms with van der Waals surface area (Å²) in [6.45, 7) is 1.31. The Kier molecular flexibility index (Phi) is 5.38. The van der Waals surface area contributed by atoms with Crippen molar-refractivity contribution in [3.8, 4) is 0 Å². The summed E-state index contributed by atoms with van der Waals surface area (Å²) in [6.07, 6.45) is -3.18. The maximum Gasteiger partial charge on any atom is 0.416 e. The van der Waals surface area contributed by atoms with E-state index in [4.69, 9.17) is 5.11 Å². The van der Waals surface area contributed by atoms with E-state index in [0.29, 0.717) is 5.56 Å². The summed E-state index contributed by atoms with van der Waals surface area (Å²) < 4.78 is 37.1. The van der Waals surface area contributed by atoms with Crippen LogP contribution in [0.1, 0.15) is 18.1 Å². The molecule has 1 N–H and O–H groups in total. The van der Waals surface area contributed by atoms with Gasteiger partial charge < -0.3 is 5.11 Å². The van der Waals surface area contributed by atoms with Gasteiger partial charge in [0.15, 0.2) is 5.12 Å². The van der Waals surface area contributed by atoms with Crippen molar-refractivity contribution in [2.45, 2.75) is 13.1 Å². The van der Waals surface area contributed by atoms with Crippen molar-refractivity contribution in [2.75, 3.05) is 5.75 Å². The molecule has 0 spiro atoms. The smallest absolute Gasteiger partial charge is 0.416 e. The zero-order valence-corrected chi connectivity index (χ0v) is 11.2. The number of alkyl halides is 3. The average molecular weight is 304 g/mol. The summed E-state index contributed by atoms with van der Waals surface area (Å²) in [5, 5.41) is 8.73. The lowest BCUT2D eigenvalue weighted by atomic mass is 10.1. The molecule has 20 heavy (non-hydrogen) atoms. The van der Waals surface area contributed by atoms with Crippen LogP contribution < -0.4 is 0 Å². The van der Waals surface area contributed by atoms with Crippen LogP contribution in [0.2, 0.25) is 0 Å². The van der Waals surface area contributed by atoms with Crippen molar-refractivity contribution >= 4 is 28.9 Å². The number of thioether (sulfide) groups is 1. The van der Waals surface area contributed by atoms with Crippen molar-refractivity contribution in [2.24, 2.45) is 0 Å². The van der Waals surface area contributed by atoms with Crippen LogP contribution in [0.15, 0.2) is 29.8 Å². The third kappa shape index (κ3) is 5.08. The number of halogens is 3. The van der Waals surface area contributed by atoms with Crippen LogP contribution in [0.25, 0.3) is 6.08 Å². The lowest BCUT2D eigenvalue weighted by molar-refractivity contribution is -0.137. The van der Waals surface area contributed by atoms with E-state index in [0.717, 1.165) is 23.9 Å². The number of aliphatic carboxylic acids is 1. The van der Waals surface area contributed by atoms with Crippen LogP contribution in [-0.2, 0) is 15.8 Å². The van der Waals surface area contributed by atoms with E-state index in [1.54, 1.807) is 0 Å². The van der Waals surface area contributed by atoms with Gasteiger partial charge in [0.2, 0.25) is 0 Å². The van der Waals surface area contributed by atoms with E-state index < -0.39 is 17.7 Å². The highest BCUT2D eigenvalue weighted by molar-refractivity contribution is 8.13.